The molecule has 0 N–H and O–H groups in total. The molecule has 1 heterocycles. The third-order valence-electron chi connectivity index (χ3n) is 1.99. The van der Waals surface area contributed by atoms with Gasteiger partial charge in [-0.15, -0.1) is 0 Å². The van der Waals surface area contributed by atoms with Crippen molar-refractivity contribution in [1.82, 2.24) is 0 Å². The molecule has 0 amide bonds. The standard InChI is InChI=1S/C7H18O7Si2.Y/c1-7(2)12-15(8-3,9-4)14-16(10-5,11-6)13-7;/h1-6H3;. The maximum atomic E-state index is 5.54. The first-order valence-corrected chi connectivity index (χ1v) is 7.94. The molecule has 10 heteroatoms. The molecule has 1 radical (unpaired) electrons. The van der Waals surface area contributed by atoms with Crippen LogP contribution < -0.4 is 0 Å². The molecular weight excluding hydrogens is 341 g/mol. The fourth-order valence-electron chi connectivity index (χ4n) is 1.32. The summed E-state index contributed by atoms with van der Waals surface area (Å²) in [5.41, 5.74) is 0. The van der Waals surface area contributed by atoms with Crippen LogP contribution in [0.25, 0.3) is 0 Å². The van der Waals surface area contributed by atoms with Crippen molar-refractivity contribution in [2.75, 3.05) is 28.4 Å². The van der Waals surface area contributed by atoms with Crippen LogP contribution in [0.5, 0.6) is 0 Å². The summed E-state index contributed by atoms with van der Waals surface area (Å²) in [7, 11) is -0.729. The van der Waals surface area contributed by atoms with E-state index in [0.29, 0.717) is 0 Å². The first kappa shape index (κ1) is 18.3. The summed E-state index contributed by atoms with van der Waals surface area (Å²) in [4.78, 5) is 0. The minimum atomic E-state index is -3.26. The molecule has 17 heavy (non-hydrogen) atoms. The van der Waals surface area contributed by atoms with Crippen molar-refractivity contribution in [1.29, 1.82) is 0 Å². The second-order valence-electron chi connectivity index (χ2n) is 3.52. The van der Waals surface area contributed by atoms with Crippen LogP contribution in [0.4, 0.5) is 0 Å². The van der Waals surface area contributed by atoms with E-state index in [2.05, 4.69) is 0 Å². The Morgan fingerprint density at radius 3 is 1.29 bits per heavy atom. The Morgan fingerprint density at radius 2 is 1.06 bits per heavy atom. The number of hydrogen-bond donors (Lipinski definition) is 0. The van der Waals surface area contributed by atoms with Crippen LogP contribution in [0.15, 0.2) is 0 Å². The van der Waals surface area contributed by atoms with Gasteiger partial charge in [0.05, 0.1) is 0 Å². The Labute approximate surface area is 129 Å². The minimum absolute atomic E-state index is 0. The van der Waals surface area contributed by atoms with Crippen LogP contribution in [0.3, 0.4) is 0 Å². The van der Waals surface area contributed by atoms with Gasteiger partial charge in [0.2, 0.25) is 0 Å². The van der Waals surface area contributed by atoms with Gasteiger partial charge < -0.3 is 30.7 Å². The van der Waals surface area contributed by atoms with E-state index >= 15 is 0 Å². The van der Waals surface area contributed by atoms with Gasteiger partial charge in [-0.3, -0.25) is 0 Å². The zero-order valence-electron chi connectivity index (χ0n) is 10.9. The largest absolute Gasteiger partial charge is 0.675 e. The molecule has 0 atom stereocenters. The summed E-state index contributed by atoms with van der Waals surface area (Å²) in [6, 6.07) is 0. The number of hydrogen-bond acceptors (Lipinski definition) is 7. The zero-order chi connectivity index (χ0) is 12.4. The topological polar surface area (TPSA) is 64.6 Å². The maximum absolute atomic E-state index is 5.54. The predicted molar refractivity (Wildman–Crippen MR) is 56.9 cm³/mol. The van der Waals surface area contributed by atoms with Gasteiger partial charge in [0, 0.05) is 61.1 Å². The fraction of sp³-hybridized carbons (Fsp3) is 1.00. The second-order valence-corrected chi connectivity index (χ2v) is 8.38. The van der Waals surface area contributed by atoms with Gasteiger partial charge in [-0.25, -0.2) is 0 Å². The molecule has 0 aromatic carbocycles. The Bertz CT molecular complexity index is 222. The Hall–Kier alpha value is 1.26. The molecule has 0 unspecified atom stereocenters. The minimum Gasteiger partial charge on any atom is -0.355 e. The van der Waals surface area contributed by atoms with Gasteiger partial charge in [0.25, 0.3) is 0 Å². The van der Waals surface area contributed by atoms with Gasteiger partial charge >= 0.3 is 18.1 Å². The van der Waals surface area contributed by atoms with Crippen molar-refractivity contribution < 1.29 is 63.4 Å². The average molecular weight is 359 g/mol. The predicted octanol–water partition coefficient (Wildman–Crippen LogP) is 0.240. The van der Waals surface area contributed by atoms with E-state index in [1.807, 2.05) is 0 Å². The summed E-state index contributed by atoms with van der Waals surface area (Å²) < 4.78 is 37.4. The van der Waals surface area contributed by atoms with Crippen molar-refractivity contribution in [3.63, 3.8) is 0 Å². The van der Waals surface area contributed by atoms with E-state index in [4.69, 9.17) is 30.7 Å². The second kappa shape index (κ2) is 6.62. The van der Waals surface area contributed by atoms with E-state index in [0.717, 1.165) is 0 Å². The van der Waals surface area contributed by atoms with Crippen molar-refractivity contribution in [3.8, 4) is 0 Å². The zero-order valence-corrected chi connectivity index (χ0v) is 15.8. The molecule has 99 valence electrons. The summed E-state index contributed by atoms with van der Waals surface area (Å²) in [6.45, 7) is 3.43. The Kier molecular flexibility index (Phi) is 7.11. The Balaban J connectivity index is 0.00000256. The quantitative estimate of drug-likeness (QED) is 0.667. The first-order chi connectivity index (χ1) is 7.36. The van der Waals surface area contributed by atoms with Gasteiger partial charge in [0.1, 0.15) is 0 Å². The molecule has 1 rings (SSSR count). The van der Waals surface area contributed by atoms with E-state index in [1.54, 1.807) is 13.8 Å². The SMILES string of the molecule is CO[Si]1(OC)OC(C)(C)O[Si](OC)(OC)O1.[Y]. The van der Waals surface area contributed by atoms with Gasteiger partial charge in [-0.2, -0.15) is 0 Å². The molecule has 1 fully saturated rings. The third-order valence-corrected chi connectivity index (χ3v) is 7.47. The molecule has 7 nitrogen and oxygen atoms in total. The van der Waals surface area contributed by atoms with Gasteiger partial charge in [0.15, 0.2) is 5.79 Å². The van der Waals surface area contributed by atoms with Crippen LogP contribution in [0.2, 0.25) is 0 Å². The maximum Gasteiger partial charge on any atom is 0.675 e. The van der Waals surface area contributed by atoms with Crippen LogP contribution in [-0.4, -0.2) is 52.3 Å². The summed E-state index contributed by atoms with van der Waals surface area (Å²) in [5.74, 6) is -0.950. The Morgan fingerprint density at radius 1 is 0.765 bits per heavy atom. The molecule has 0 bridgehead atoms. The smallest absolute Gasteiger partial charge is 0.355 e. The normalized spacial score (nSPS) is 25.1. The van der Waals surface area contributed by atoms with Crippen LogP contribution >= 0.6 is 0 Å². The van der Waals surface area contributed by atoms with E-state index in [-0.39, 0.29) is 32.7 Å². The monoisotopic (exact) mass is 359 g/mol. The third kappa shape index (κ3) is 4.11. The molecule has 0 aliphatic carbocycles. The average Bonchev–Trinajstić information content (AvgIpc) is 2.26. The van der Waals surface area contributed by atoms with E-state index in [9.17, 15) is 0 Å². The molecule has 0 aromatic heterocycles. The van der Waals surface area contributed by atoms with Crippen molar-refractivity contribution >= 4 is 18.1 Å². The molecule has 0 spiro atoms. The van der Waals surface area contributed by atoms with Crippen LogP contribution in [0, 0.1) is 0 Å². The van der Waals surface area contributed by atoms with Crippen molar-refractivity contribution in [3.05, 3.63) is 0 Å². The fourth-order valence-corrected chi connectivity index (χ4v) is 6.25. The summed E-state index contributed by atoms with van der Waals surface area (Å²) >= 11 is 0. The summed E-state index contributed by atoms with van der Waals surface area (Å²) in [6.07, 6.45) is 0. The molecule has 0 aromatic rings. The van der Waals surface area contributed by atoms with Crippen LogP contribution in [-0.2, 0) is 63.4 Å². The van der Waals surface area contributed by atoms with Crippen LogP contribution in [0.1, 0.15) is 13.8 Å². The molecule has 1 saturated heterocycles. The van der Waals surface area contributed by atoms with Crippen molar-refractivity contribution in [2.24, 2.45) is 0 Å². The van der Waals surface area contributed by atoms with E-state index in [1.165, 1.54) is 28.4 Å². The van der Waals surface area contributed by atoms with Gasteiger partial charge in [-0.1, -0.05) is 0 Å². The van der Waals surface area contributed by atoms with E-state index < -0.39 is 23.9 Å². The first-order valence-electron chi connectivity index (χ1n) is 4.67. The molecular formula is C7H18O7Si2Y. The van der Waals surface area contributed by atoms with Crippen molar-refractivity contribution in [2.45, 2.75) is 19.6 Å². The number of rotatable bonds is 4. The molecule has 0 saturated carbocycles. The van der Waals surface area contributed by atoms with Gasteiger partial charge in [-0.05, 0) is 13.8 Å². The summed E-state index contributed by atoms with van der Waals surface area (Å²) in [5, 5.41) is 0. The molecule has 1 aliphatic heterocycles. The molecule has 1 aliphatic rings.